The van der Waals surface area contributed by atoms with Gasteiger partial charge in [-0.25, -0.2) is 4.39 Å². The zero-order valence-electron chi connectivity index (χ0n) is 10.9. The first-order chi connectivity index (χ1) is 7.71. The topological polar surface area (TPSA) is 43.1 Å². The van der Waals surface area contributed by atoms with Gasteiger partial charge in [0.25, 0.3) is 0 Å². The molecule has 0 bridgehead atoms. The van der Waals surface area contributed by atoms with Crippen LogP contribution in [0.15, 0.2) is 18.2 Å². The summed E-state index contributed by atoms with van der Waals surface area (Å²) in [4.78, 5) is 11.9. The van der Waals surface area contributed by atoms with Gasteiger partial charge >= 0.3 is 0 Å². The number of nitrogens with two attached hydrogens (primary N) is 1. The zero-order valence-corrected chi connectivity index (χ0v) is 10.9. The van der Waals surface area contributed by atoms with Crippen LogP contribution in [0.1, 0.15) is 43.1 Å². The van der Waals surface area contributed by atoms with Crippen LogP contribution >= 0.6 is 0 Å². The van der Waals surface area contributed by atoms with Crippen LogP contribution in [0.25, 0.3) is 0 Å². The summed E-state index contributed by atoms with van der Waals surface area (Å²) in [7, 11) is 0. The van der Waals surface area contributed by atoms with Crippen molar-refractivity contribution in [2.24, 2.45) is 11.1 Å². The molecule has 0 aliphatic rings. The van der Waals surface area contributed by atoms with E-state index in [1.807, 2.05) is 20.8 Å². The molecule has 0 aromatic heterocycles. The van der Waals surface area contributed by atoms with Crippen LogP contribution in [-0.4, -0.2) is 11.8 Å². The molecule has 0 radical (unpaired) electrons. The maximum atomic E-state index is 13.3. The van der Waals surface area contributed by atoms with Crippen molar-refractivity contribution in [3.05, 3.63) is 35.1 Å². The van der Waals surface area contributed by atoms with Crippen LogP contribution in [0.4, 0.5) is 4.39 Å². The molecule has 0 saturated carbocycles. The molecular formula is C14H20FNO. The minimum atomic E-state index is -0.347. The lowest BCUT2D eigenvalue weighted by Crippen LogP contribution is -2.37. The Hall–Kier alpha value is -1.22. The molecular weight excluding hydrogens is 217 g/mol. The standard InChI is InChI=1S/C14H20FNO/c1-9-5-6-10(7-11(9)15)12(17)8-13(16)14(2,3)4/h5-7,13H,8,16H2,1-4H3. The Morgan fingerprint density at radius 1 is 1.41 bits per heavy atom. The van der Waals surface area contributed by atoms with E-state index in [2.05, 4.69) is 0 Å². The Kier molecular flexibility index (Phi) is 4.04. The number of ketones is 1. The fraction of sp³-hybridized carbons (Fsp3) is 0.500. The Morgan fingerprint density at radius 2 is 2.00 bits per heavy atom. The maximum absolute atomic E-state index is 13.3. The summed E-state index contributed by atoms with van der Waals surface area (Å²) in [5.41, 5.74) is 6.76. The van der Waals surface area contributed by atoms with Crippen molar-refractivity contribution >= 4 is 5.78 Å². The van der Waals surface area contributed by atoms with Crippen molar-refractivity contribution in [1.82, 2.24) is 0 Å². The van der Waals surface area contributed by atoms with Crippen LogP contribution in [0.3, 0.4) is 0 Å². The SMILES string of the molecule is Cc1ccc(C(=O)CC(N)C(C)(C)C)cc1F. The quantitative estimate of drug-likeness (QED) is 0.821. The summed E-state index contributed by atoms with van der Waals surface area (Å²) in [6, 6.07) is 4.33. The molecule has 0 saturated heterocycles. The Bertz CT molecular complexity index is 421. The number of Topliss-reactive ketones (excluding diaryl/α,β-unsaturated/α-hetero) is 1. The van der Waals surface area contributed by atoms with Gasteiger partial charge in [0.1, 0.15) is 5.82 Å². The minimum absolute atomic E-state index is 0.105. The number of halogens is 1. The van der Waals surface area contributed by atoms with Gasteiger partial charge in [-0.1, -0.05) is 32.9 Å². The molecule has 1 aromatic rings. The second-order valence-corrected chi connectivity index (χ2v) is 5.56. The van der Waals surface area contributed by atoms with E-state index in [9.17, 15) is 9.18 Å². The average molecular weight is 237 g/mol. The lowest BCUT2D eigenvalue weighted by atomic mass is 9.83. The van der Waals surface area contributed by atoms with E-state index in [1.165, 1.54) is 6.07 Å². The smallest absolute Gasteiger partial charge is 0.164 e. The number of benzene rings is 1. The van der Waals surface area contributed by atoms with E-state index in [0.717, 1.165) is 0 Å². The number of aryl methyl sites for hydroxylation is 1. The van der Waals surface area contributed by atoms with E-state index in [0.29, 0.717) is 11.1 Å². The normalized spacial score (nSPS) is 13.5. The molecule has 0 amide bonds. The molecule has 1 aromatic carbocycles. The van der Waals surface area contributed by atoms with E-state index < -0.39 is 0 Å². The molecule has 0 aliphatic carbocycles. The predicted octanol–water partition coefficient (Wildman–Crippen LogP) is 3.08. The number of hydrogen-bond donors (Lipinski definition) is 1. The predicted molar refractivity (Wildman–Crippen MR) is 67.5 cm³/mol. The molecule has 0 aliphatic heterocycles. The molecule has 17 heavy (non-hydrogen) atoms. The first-order valence-electron chi connectivity index (χ1n) is 5.76. The average Bonchev–Trinajstić information content (AvgIpc) is 2.20. The van der Waals surface area contributed by atoms with Crippen molar-refractivity contribution in [2.75, 3.05) is 0 Å². The molecule has 0 spiro atoms. The van der Waals surface area contributed by atoms with Crippen molar-refractivity contribution in [2.45, 2.75) is 40.2 Å². The van der Waals surface area contributed by atoms with Crippen molar-refractivity contribution in [1.29, 1.82) is 0 Å². The zero-order chi connectivity index (χ0) is 13.2. The van der Waals surface area contributed by atoms with Gasteiger partial charge in [0.15, 0.2) is 5.78 Å². The summed E-state index contributed by atoms with van der Waals surface area (Å²) in [6.07, 6.45) is 0.242. The summed E-state index contributed by atoms with van der Waals surface area (Å²) < 4.78 is 13.3. The monoisotopic (exact) mass is 237 g/mol. The van der Waals surface area contributed by atoms with Gasteiger partial charge in [0.2, 0.25) is 0 Å². The van der Waals surface area contributed by atoms with E-state index in [-0.39, 0.29) is 29.5 Å². The molecule has 1 rings (SSSR count). The molecule has 2 nitrogen and oxygen atoms in total. The van der Waals surface area contributed by atoms with E-state index in [1.54, 1.807) is 19.1 Å². The van der Waals surface area contributed by atoms with Gasteiger partial charge in [0.05, 0.1) is 0 Å². The molecule has 0 fully saturated rings. The Balaban J connectivity index is 2.80. The highest BCUT2D eigenvalue weighted by Crippen LogP contribution is 2.21. The molecule has 3 heteroatoms. The molecule has 1 unspecified atom stereocenters. The van der Waals surface area contributed by atoms with Crippen LogP contribution in [0.5, 0.6) is 0 Å². The number of carbonyl (C=O) groups excluding carboxylic acids is 1. The van der Waals surface area contributed by atoms with Gasteiger partial charge in [0, 0.05) is 18.0 Å². The highest BCUT2D eigenvalue weighted by Gasteiger charge is 2.23. The third-order valence-corrected chi connectivity index (χ3v) is 3.01. The van der Waals surface area contributed by atoms with Crippen LogP contribution in [0.2, 0.25) is 0 Å². The van der Waals surface area contributed by atoms with Gasteiger partial charge in [-0.05, 0) is 24.0 Å². The third kappa shape index (κ3) is 3.63. The van der Waals surface area contributed by atoms with Gasteiger partial charge in [-0.3, -0.25) is 4.79 Å². The molecule has 0 heterocycles. The maximum Gasteiger partial charge on any atom is 0.164 e. The molecule has 2 N–H and O–H groups in total. The van der Waals surface area contributed by atoms with Crippen molar-refractivity contribution < 1.29 is 9.18 Å². The first kappa shape index (κ1) is 13.8. The lowest BCUT2D eigenvalue weighted by molar-refractivity contribution is 0.0953. The van der Waals surface area contributed by atoms with Crippen molar-refractivity contribution in [3.63, 3.8) is 0 Å². The first-order valence-corrected chi connectivity index (χ1v) is 5.76. The minimum Gasteiger partial charge on any atom is -0.327 e. The highest BCUT2D eigenvalue weighted by atomic mass is 19.1. The number of hydrogen-bond acceptors (Lipinski definition) is 2. The second kappa shape index (κ2) is 4.96. The van der Waals surface area contributed by atoms with Crippen LogP contribution in [-0.2, 0) is 0 Å². The van der Waals surface area contributed by atoms with E-state index in [4.69, 9.17) is 5.73 Å². The summed E-state index contributed by atoms with van der Waals surface area (Å²) in [6.45, 7) is 7.63. The Morgan fingerprint density at radius 3 is 2.47 bits per heavy atom. The number of carbonyl (C=O) groups is 1. The van der Waals surface area contributed by atoms with Gasteiger partial charge in [-0.2, -0.15) is 0 Å². The van der Waals surface area contributed by atoms with Crippen molar-refractivity contribution in [3.8, 4) is 0 Å². The fourth-order valence-corrected chi connectivity index (χ4v) is 1.39. The van der Waals surface area contributed by atoms with Crippen LogP contribution in [0, 0.1) is 18.2 Å². The number of rotatable bonds is 3. The fourth-order valence-electron chi connectivity index (χ4n) is 1.39. The summed E-state index contributed by atoms with van der Waals surface area (Å²) >= 11 is 0. The van der Waals surface area contributed by atoms with Gasteiger partial charge in [-0.15, -0.1) is 0 Å². The lowest BCUT2D eigenvalue weighted by Gasteiger charge is -2.26. The molecule has 1 atom stereocenters. The third-order valence-electron chi connectivity index (χ3n) is 3.01. The second-order valence-electron chi connectivity index (χ2n) is 5.56. The van der Waals surface area contributed by atoms with E-state index >= 15 is 0 Å². The van der Waals surface area contributed by atoms with Gasteiger partial charge < -0.3 is 5.73 Å². The van der Waals surface area contributed by atoms with Crippen LogP contribution < -0.4 is 5.73 Å². The highest BCUT2D eigenvalue weighted by molar-refractivity contribution is 5.96. The molecule has 94 valence electrons. The summed E-state index contributed by atoms with van der Waals surface area (Å²) in [5.74, 6) is -0.452. The Labute approximate surface area is 102 Å². The summed E-state index contributed by atoms with van der Waals surface area (Å²) in [5, 5.41) is 0. The largest absolute Gasteiger partial charge is 0.327 e.